The van der Waals surface area contributed by atoms with Gasteiger partial charge in [-0.05, 0) is 43.5 Å². The number of hydrogen-bond acceptors (Lipinski definition) is 2. The van der Waals surface area contributed by atoms with E-state index in [4.69, 9.17) is 0 Å². The lowest BCUT2D eigenvalue weighted by molar-refractivity contribution is 0.0970. The molecule has 1 aromatic heterocycles. The summed E-state index contributed by atoms with van der Waals surface area (Å²) in [7, 11) is 0. The Balaban J connectivity index is 2.28. The fourth-order valence-corrected chi connectivity index (χ4v) is 1.94. The third-order valence-corrected chi connectivity index (χ3v) is 3.27. The fraction of sp³-hybridized carbons (Fsp3) is 0.250. The Hall–Kier alpha value is -2.16. The molecular formula is C16H17NO2. The minimum Gasteiger partial charge on any atom is -0.307 e. The lowest BCUT2D eigenvalue weighted by Gasteiger charge is -2.07. The molecule has 0 saturated heterocycles. The van der Waals surface area contributed by atoms with Crippen LogP contribution in [0.15, 0.2) is 41.3 Å². The molecule has 0 spiro atoms. The zero-order valence-corrected chi connectivity index (χ0v) is 11.4. The molecule has 3 heteroatoms. The number of ketones is 1. The number of carbonyl (C=O) groups excluding carboxylic acids is 1. The summed E-state index contributed by atoms with van der Waals surface area (Å²) in [6.45, 7) is 5.97. The summed E-state index contributed by atoms with van der Waals surface area (Å²) in [6, 6.07) is 8.86. The van der Waals surface area contributed by atoms with Crippen molar-refractivity contribution in [2.24, 2.45) is 0 Å². The van der Waals surface area contributed by atoms with E-state index in [2.05, 4.69) is 0 Å². The molecule has 98 valence electrons. The number of hydrogen-bond donors (Lipinski definition) is 0. The van der Waals surface area contributed by atoms with Crippen molar-refractivity contribution in [3.8, 4) is 0 Å². The van der Waals surface area contributed by atoms with Crippen molar-refractivity contribution in [3.63, 3.8) is 0 Å². The van der Waals surface area contributed by atoms with Gasteiger partial charge in [-0.3, -0.25) is 9.59 Å². The van der Waals surface area contributed by atoms with Crippen LogP contribution in [0.2, 0.25) is 0 Å². The van der Waals surface area contributed by atoms with E-state index in [0.717, 1.165) is 16.7 Å². The largest absolute Gasteiger partial charge is 0.307 e. The smallest absolute Gasteiger partial charge is 0.250 e. The van der Waals surface area contributed by atoms with Gasteiger partial charge in [-0.25, -0.2) is 0 Å². The van der Waals surface area contributed by atoms with Crippen molar-refractivity contribution >= 4 is 5.78 Å². The summed E-state index contributed by atoms with van der Waals surface area (Å²) >= 11 is 0. The number of benzene rings is 1. The molecule has 0 radical (unpaired) electrons. The topological polar surface area (TPSA) is 39.1 Å². The summed E-state index contributed by atoms with van der Waals surface area (Å²) in [4.78, 5) is 23.9. The fourth-order valence-electron chi connectivity index (χ4n) is 1.94. The average molecular weight is 255 g/mol. The number of aryl methyl sites for hydroxylation is 3. The summed E-state index contributed by atoms with van der Waals surface area (Å²) in [5.74, 6) is -0.0456. The highest BCUT2D eigenvalue weighted by Gasteiger charge is 2.08. The molecule has 0 aliphatic rings. The molecule has 19 heavy (non-hydrogen) atoms. The second-order valence-electron chi connectivity index (χ2n) is 4.89. The van der Waals surface area contributed by atoms with E-state index in [-0.39, 0.29) is 17.9 Å². The Morgan fingerprint density at radius 3 is 2.47 bits per heavy atom. The van der Waals surface area contributed by atoms with Gasteiger partial charge in [0.2, 0.25) is 0 Å². The molecular weight excluding hydrogens is 238 g/mol. The Morgan fingerprint density at radius 1 is 1.05 bits per heavy atom. The molecule has 3 nitrogen and oxygen atoms in total. The molecule has 2 aromatic rings. The first kappa shape index (κ1) is 13.3. The minimum absolute atomic E-state index is 0.0456. The molecule has 0 N–H and O–H groups in total. The number of aromatic nitrogens is 1. The normalized spacial score (nSPS) is 10.5. The molecule has 0 unspecified atom stereocenters. The van der Waals surface area contributed by atoms with E-state index >= 15 is 0 Å². The number of Topliss-reactive ketones (excluding diaryl/α,β-unsaturated/α-hetero) is 1. The van der Waals surface area contributed by atoms with Gasteiger partial charge in [0.15, 0.2) is 5.78 Å². The van der Waals surface area contributed by atoms with E-state index in [0.29, 0.717) is 5.56 Å². The Labute approximate surface area is 112 Å². The van der Waals surface area contributed by atoms with Gasteiger partial charge in [0.05, 0.1) is 6.54 Å². The third-order valence-electron chi connectivity index (χ3n) is 3.27. The van der Waals surface area contributed by atoms with Crippen molar-refractivity contribution in [1.29, 1.82) is 0 Å². The van der Waals surface area contributed by atoms with Crippen LogP contribution in [0.5, 0.6) is 0 Å². The van der Waals surface area contributed by atoms with E-state index in [9.17, 15) is 9.59 Å². The SMILES string of the molecule is Cc1ccc(=O)n(CC(=O)c2ccc(C)c(C)c2)c1. The van der Waals surface area contributed by atoms with Gasteiger partial charge in [-0.2, -0.15) is 0 Å². The van der Waals surface area contributed by atoms with Crippen LogP contribution in [0.4, 0.5) is 0 Å². The Kier molecular flexibility index (Phi) is 3.65. The predicted molar refractivity (Wildman–Crippen MR) is 75.7 cm³/mol. The first-order valence-electron chi connectivity index (χ1n) is 6.25. The lowest BCUT2D eigenvalue weighted by Crippen LogP contribution is -2.23. The van der Waals surface area contributed by atoms with Crippen molar-refractivity contribution < 1.29 is 4.79 Å². The van der Waals surface area contributed by atoms with E-state index < -0.39 is 0 Å². The first-order valence-corrected chi connectivity index (χ1v) is 6.25. The highest BCUT2D eigenvalue weighted by atomic mass is 16.1. The van der Waals surface area contributed by atoms with Crippen molar-refractivity contribution in [3.05, 3.63) is 69.1 Å². The molecule has 1 aromatic carbocycles. The van der Waals surface area contributed by atoms with Crippen LogP contribution >= 0.6 is 0 Å². The standard InChI is InChI=1S/C16H17NO2/c1-11-4-7-16(19)17(9-11)10-15(18)14-6-5-12(2)13(3)8-14/h4-9H,10H2,1-3H3. The predicted octanol–water partition coefficient (Wildman–Crippen LogP) is 2.66. The van der Waals surface area contributed by atoms with E-state index in [1.165, 1.54) is 10.6 Å². The van der Waals surface area contributed by atoms with Crippen LogP contribution in [0.1, 0.15) is 27.0 Å². The number of nitrogens with zero attached hydrogens (tertiary/aromatic N) is 1. The molecule has 0 amide bonds. The van der Waals surface area contributed by atoms with Crippen LogP contribution in [-0.2, 0) is 6.54 Å². The maximum absolute atomic E-state index is 12.2. The number of rotatable bonds is 3. The number of carbonyl (C=O) groups is 1. The number of pyridine rings is 1. The van der Waals surface area contributed by atoms with Crippen LogP contribution in [0, 0.1) is 20.8 Å². The molecule has 0 fully saturated rings. The van der Waals surface area contributed by atoms with Crippen LogP contribution in [-0.4, -0.2) is 10.4 Å². The van der Waals surface area contributed by atoms with Crippen molar-refractivity contribution in [2.45, 2.75) is 27.3 Å². The second kappa shape index (κ2) is 5.22. The van der Waals surface area contributed by atoms with Crippen LogP contribution in [0.3, 0.4) is 0 Å². The first-order chi connectivity index (χ1) is 8.97. The van der Waals surface area contributed by atoms with Gasteiger partial charge in [0.1, 0.15) is 0 Å². The molecule has 2 rings (SSSR count). The van der Waals surface area contributed by atoms with Gasteiger partial charge in [0, 0.05) is 17.8 Å². The minimum atomic E-state index is -0.150. The van der Waals surface area contributed by atoms with Gasteiger partial charge in [-0.1, -0.05) is 18.2 Å². The molecule has 0 aliphatic carbocycles. The highest BCUT2D eigenvalue weighted by Crippen LogP contribution is 2.11. The van der Waals surface area contributed by atoms with Crippen LogP contribution in [0.25, 0.3) is 0 Å². The van der Waals surface area contributed by atoms with Gasteiger partial charge < -0.3 is 4.57 Å². The lowest BCUT2D eigenvalue weighted by atomic mass is 10.0. The molecule has 0 bridgehead atoms. The van der Waals surface area contributed by atoms with Gasteiger partial charge in [-0.15, -0.1) is 0 Å². The van der Waals surface area contributed by atoms with Crippen molar-refractivity contribution in [1.82, 2.24) is 4.57 Å². The molecule has 0 saturated carbocycles. The van der Waals surface area contributed by atoms with E-state index in [1.54, 1.807) is 12.3 Å². The Morgan fingerprint density at radius 2 is 1.79 bits per heavy atom. The average Bonchev–Trinajstić information content (AvgIpc) is 2.37. The quantitative estimate of drug-likeness (QED) is 0.791. The van der Waals surface area contributed by atoms with Gasteiger partial charge in [0.25, 0.3) is 5.56 Å². The Bertz CT molecular complexity index is 683. The molecule has 1 heterocycles. The third kappa shape index (κ3) is 2.99. The van der Waals surface area contributed by atoms with Gasteiger partial charge >= 0.3 is 0 Å². The summed E-state index contributed by atoms with van der Waals surface area (Å²) in [6.07, 6.45) is 1.71. The summed E-state index contributed by atoms with van der Waals surface area (Å²) < 4.78 is 1.45. The summed E-state index contributed by atoms with van der Waals surface area (Å²) in [5.41, 5.74) is 3.71. The summed E-state index contributed by atoms with van der Waals surface area (Å²) in [5, 5.41) is 0. The molecule has 0 aliphatic heterocycles. The van der Waals surface area contributed by atoms with Crippen LogP contribution < -0.4 is 5.56 Å². The monoisotopic (exact) mass is 255 g/mol. The van der Waals surface area contributed by atoms with E-state index in [1.807, 2.05) is 39.0 Å². The highest BCUT2D eigenvalue weighted by molar-refractivity contribution is 5.96. The maximum Gasteiger partial charge on any atom is 0.250 e. The second-order valence-corrected chi connectivity index (χ2v) is 4.89. The zero-order chi connectivity index (χ0) is 14.0. The molecule has 0 atom stereocenters. The van der Waals surface area contributed by atoms with Crippen molar-refractivity contribution in [2.75, 3.05) is 0 Å². The zero-order valence-electron chi connectivity index (χ0n) is 11.4. The maximum atomic E-state index is 12.2.